The van der Waals surface area contributed by atoms with Crippen molar-refractivity contribution in [3.05, 3.63) is 65.5 Å². The number of hydrogen-bond acceptors (Lipinski definition) is 5. The van der Waals surface area contributed by atoms with Crippen molar-refractivity contribution >= 4 is 17.3 Å². The minimum Gasteiger partial charge on any atom is -0.497 e. The minimum absolute atomic E-state index is 0.168. The molecule has 0 N–H and O–H groups in total. The van der Waals surface area contributed by atoms with E-state index in [9.17, 15) is 14.0 Å². The third-order valence-electron chi connectivity index (χ3n) is 5.04. The smallest absolute Gasteiger partial charge is 0.317 e. The predicted molar refractivity (Wildman–Crippen MR) is 106 cm³/mol. The molecule has 0 heterocycles. The molecule has 29 heavy (non-hydrogen) atoms. The summed E-state index contributed by atoms with van der Waals surface area (Å²) in [6, 6.07) is 11.3. The lowest BCUT2D eigenvalue weighted by molar-refractivity contribution is -0.151. The predicted octanol–water partition coefficient (Wildman–Crippen LogP) is 4.16. The SMILES string of the molecule is CCOC(=O)C1C(=O)C=C(c2ccc(OC)cc2OC)CC1c1cccc(F)c1. The van der Waals surface area contributed by atoms with E-state index in [1.54, 1.807) is 38.3 Å². The highest BCUT2D eigenvalue weighted by Gasteiger charge is 2.40. The first kappa shape index (κ1) is 20.6. The maximum atomic E-state index is 13.9. The zero-order valence-electron chi connectivity index (χ0n) is 16.6. The number of esters is 1. The van der Waals surface area contributed by atoms with Gasteiger partial charge >= 0.3 is 5.97 Å². The summed E-state index contributed by atoms with van der Waals surface area (Å²) in [5.74, 6) is -1.75. The van der Waals surface area contributed by atoms with Crippen LogP contribution in [0.5, 0.6) is 11.5 Å². The number of halogens is 1. The Labute approximate surface area is 169 Å². The van der Waals surface area contributed by atoms with Gasteiger partial charge in [0.2, 0.25) is 0 Å². The first-order chi connectivity index (χ1) is 14.0. The van der Waals surface area contributed by atoms with Crippen molar-refractivity contribution in [3.63, 3.8) is 0 Å². The Bertz CT molecular complexity index is 950. The summed E-state index contributed by atoms with van der Waals surface area (Å²) < 4.78 is 29.7. The van der Waals surface area contributed by atoms with E-state index in [1.807, 2.05) is 6.07 Å². The first-order valence-electron chi connectivity index (χ1n) is 9.37. The summed E-state index contributed by atoms with van der Waals surface area (Å²) in [5, 5.41) is 0. The van der Waals surface area contributed by atoms with Crippen LogP contribution in [-0.4, -0.2) is 32.6 Å². The Morgan fingerprint density at radius 2 is 1.93 bits per heavy atom. The molecule has 0 amide bonds. The van der Waals surface area contributed by atoms with Crippen LogP contribution in [0.3, 0.4) is 0 Å². The second kappa shape index (κ2) is 8.90. The molecule has 2 atom stereocenters. The number of allylic oxidation sites excluding steroid dienone is 2. The fraction of sp³-hybridized carbons (Fsp3) is 0.304. The minimum atomic E-state index is -1.01. The Balaban J connectivity index is 2.07. The summed E-state index contributed by atoms with van der Waals surface area (Å²) in [6.45, 7) is 1.85. The lowest BCUT2D eigenvalue weighted by Crippen LogP contribution is -2.34. The number of benzene rings is 2. The van der Waals surface area contributed by atoms with Gasteiger partial charge in [-0.2, -0.15) is 0 Å². The maximum Gasteiger partial charge on any atom is 0.317 e. The van der Waals surface area contributed by atoms with Gasteiger partial charge in [-0.05, 0) is 54.8 Å². The zero-order valence-corrected chi connectivity index (χ0v) is 16.6. The summed E-state index contributed by atoms with van der Waals surface area (Å²) in [5.41, 5.74) is 2.02. The van der Waals surface area contributed by atoms with Crippen LogP contribution in [0.15, 0.2) is 48.5 Å². The number of methoxy groups -OCH3 is 2. The van der Waals surface area contributed by atoms with Crippen molar-refractivity contribution < 1.29 is 28.2 Å². The molecule has 0 spiro atoms. The molecule has 2 aromatic carbocycles. The molecule has 0 fully saturated rings. The molecule has 0 aliphatic heterocycles. The molecule has 3 rings (SSSR count). The van der Waals surface area contributed by atoms with Crippen LogP contribution >= 0.6 is 0 Å². The largest absolute Gasteiger partial charge is 0.497 e. The third-order valence-corrected chi connectivity index (χ3v) is 5.04. The van der Waals surface area contributed by atoms with Crippen LogP contribution in [0.1, 0.15) is 30.4 Å². The normalized spacial score (nSPS) is 18.8. The molecular formula is C23H23FO5. The average molecular weight is 398 g/mol. The van der Waals surface area contributed by atoms with E-state index in [0.717, 1.165) is 5.56 Å². The van der Waals surface area contributed by atoms with Crippen molar-refractivity contribution in [2.75, 3.05) is 20.8 Å². The van der Waals surface area contributed by atoms with Crippen LogP contribution < -0.4 is 9.47 Å². The second-order valence-corrected chi connectivity index (χ2v) is 6.73. The van der Waals surface area contributed by atoms with Crippen LogP contribution in [0.2, 0.25) is 0 Å². The van der Waals surface area contributed by atoms with Gasteiger partial charge in [0.25, 0.3) is 0 Å². The zero-order chi connectivity index (χ0) is 21.0. The van der Waals surface area contributed by atoms with Crippen LogP contribution in [0, 0.1) is 11.7 Å². The van der Waals surface area contributed by atoms with E-state index < -0.39 is 23.6 Å². The molecule has 1 aliphatic rings. The monoisotopic (exact) mass is 398 g/mol. The summed E-state index contributed by atoms with van der Waals surface area (Å²) >= 11 is 0. The Hall–Kier alpha value is -3.15. The molecular weight excluding hydrogens is 375 g/mol. The van der Waals surface area contributed by atoms with E-state index in [0.29, 0.717) is 29.1 Å². The van der Waals surface area contributed by atoms with Gasteiger partial charge < -0.3 is 14.2 Å². The van der Waals surface area contributed by atoms with Crippen molar-refractivity contribution in [2.24, 2.45) is 5.92 Å². The van der Waals surface area contributed by atoms with Gasteiger partial charge in [-0.25, -0.2) is 4.39 Å². The standard InChI is InChI=1S/C23H23FO5/c1-4-29-23(26)22-19(14-6-5-7-16(24)10-14)11-15(12-20(22)25)18-9-8-17(27-2)13-21(18)28-3/h5-10,12-13,19,22H,4,11H2,1-3H3. The third kappa shape index (κ3) is 4.31. The van der Waals surface area contributed by atoms with Crippen LogP contribution in [-0.2, 0) is 14.3 Å². The quantitative estimate of drug-likeness (QED) is 0.540. The van der Waals surface area contributed by atoms with Gasteiger partial charge in [0.15, 0.2) is 5.78 Å². The molecule has 0 saturated heterocycles. The van der Waals surface area contributed by atoms with Crippen LogP contribution in [0.25, 0.3) is 5.57 Å². The van der Waals surface area contributed by atoms with E-state index in [2.05, 4.69) is 0 Å². The fourth-order valence-corrected chi connectivity index (χ4v) is 3.68. The molecule has 6 heteroatoms. The Kier molecular flexibility index (Phi) is 6.32. The molecule has 2 aromatic rings. The average Bonchev–Trinajstić information content (AvgIpc) is 2.72. The second-order valence-electron chi connectivity index (χ2n) is 6.73. The molecule has 1 aliphatic carbocycles. The van der Waals surface area contributed by atoms with E-state index in [4.69, 9.17) is 14.2 Å². The lowest BCUT2D eigenvalue weighted by Gasteiger charge is -2.30. The van der Waals surface area contributed by atoms with Gasteiger partial charge in [0.1, 0.15) is 23.2 Å². The molecule has 5 nitrogen and oxygen atoms in total. The van der Waals surface area contributed by atoms with Crippen molar-refractivity contribution in [1.29, 1.82) is 0 Å². The van der Waals surface area contributed by atoms with E-state index >= 15 is 0 Å². The summed E-state index contributed by atoms with van der Waals surface area (Å²) in [4.78, 5) is 25.5. The number of carbonyl (C=O) groups is 2. The molecule has 0 aromatic heterocycles. The Morgan fingerprint density at radius 1 is 1.14 bits per heavy atom. The highest BCUT2D eigenvalue weighted by Crippen LogP contribution is 2.43. The number of hydrogen-bond donors (Lipinski definition) is 0. The van der Waals surface area contributed by atoms with E-state index in [-0.39, 0.29) is 12.4 Å². The topological polar surface area (TPSA) is 61.8 Å². The van der Waals surface area contributed by atoms with Crippen molar-refractivity contribution in [3.8, 4) is 11.5 Å². The number of carbonyl (C=O) groups excluding carboxylic acids is 2. The Morgan fingerprint density at radius 3 is 2.59 bits per heavy atom. The molecule has 0 saturated carbocycles. The highest BCUT2D eigenvalue weighted by molar-refractivity contribution is 6.11. The maximum absolute atomic E-state index is 13.9. The summed E-state index contributed by atoms with van der Waals surface area (Å²) in [7, 11) is 3.09. The molecule has 152 valence electrons. The van der Waals surface area contributed by atoms with Gasteiger partial charge in [0, 0.05) is 17.5 Å². The number of rotatable bonds is 6. The van der Waals surface area contributed by atoms with Crippen molar-refractivity contribution in [1.82, 2.24) is 0 Å². The van der Waals surface area contributed by atoms with Gasteiger partial charge in [-0.15, -0.1) is 0 Å². The van der Waals surface area contributed by atoms with Crippen molar-refractivity contribution in [2.45, 2.75) is 19.3 Å². The van der Waals surface area contributed by atoms with Gasteiger partial charge in [-0.1, -0.05) is 12.1 Å². The molecule has 0 bridgehead atoms. The first-order valence-corrected chi connectivity index (χ1v) is 9.37. The lowest BCUT2D eigenvalue weighted by atomic mass is 9.73. The molecule has 2 unspecified atom stereocenters. The number of ketones is 1. The highest BCUT2D eigenvalue weighted by atomic mass is 19.1. The van der Waals surface area contributed by atoms with E-state index in [1.165, 1.54) is 25.3 Å². The molecule has 0 radical (unpaired) electrons. The fourth-order valence-electron chi connectivity index (χ4n) is 3.68. The van der Waals surface area contributed by atoms with Gasteiger partial charge in [-0.3, -0.25) is 9.59 Å². The van der Waals surface area contributed by atoms with Gasteiger partial charge in [0.05, 0.1) is 20.8 Å². The summed E-state index contributed by atoms with van der Waals surface area (Å²) in [6.07, 6.45) is 1.82. The number of ether oxygens (including phenoxy) is 3. The van der Waals surface area contributed by atoms with Crippen LogP contribution in [0.4, 0.5) is 4.39 Å².